The van der Waals surface area contributed by atoms with Gasteiger partial charge in [-0.25, -0.2) is 33.0 Å². The van der Waals surface area contributed by atoms with Gasteiger partial charge < -0.3 is 9.57 Å². The van der Waals surface area contributed by atoms with Gasteiger partial charge >= 0.3 is 12.1 Å². The van der Waals surface area contributed by atoms with Crippen molar-refractivity contribution in [3.05, 3.63) is 89.7 Å². The summed E-state index contributed by atoms with van der Waals surface area (Å²) in [6.45, 7) is 6.26. The maximum absolute atomic E-state index is 13.8. The number of thiazole rings is 1. The summed E-state index contributed by atoms with van der Waals surface area (Å²) in [6.07, 6.45) is 2.13. The van der Waals surface area contributed by atoms with E-state index in [-0.39, 0.29) is 23.1 Å². The van der Waals surface area contributed by atoms with Gasteiger partial charge in [-0.1, -0.05) is 41.5 Å². The van der Waals surface area contributed by atoms with Gasteiger partial charge in [-0.15, -0.1) is 11.3 Å². The van der Waals surface area contributed by atoms with Gasteiger partial charge in [0.1, 0.15) is 10.6 Å². The molecule has 11 nitrogen and oxygen atoms in total. The van der Waals surface area contributed by atoms with Crippen LogP contribution in [0, 0.1) is 0 Å². The van der Waals surface area contributed by atoms with Gasteiger partial charge in [0.25, 0.3) is 0 Å². The molecule has 13 heteroatoms. The number of aromatic nitrogens is 3. The summed E-state index contributed by atoms with van der Waals surface area (Å²) in [7, 11) is -4.12. The predicted molar refractivity (Wildman–Crippen MR) is 153 cm³/mol. The highest BCUT2D eigenvalue weighted by Crippen LogP contribution is 2.28. The number of ether oxygens (including phenoxy) is 1. The van der Waals surface area contributed by atoms with E-state index in [0.717, 1.165) is 23.1 Å². The number of hydrogen-bond acceptors (Lipinski definition) is 11. The van der Waals surface area contributed by atoms with E-state index in [1.807, 2.05) is 29.6 Å². The fourth-order valence-electron chi connectivity index (χ4n) is 3.66. The fraction of sp³-hybridized carbons (Fsp3) is 0.250. The van der Waals surface area contributed by atoms with Crippen molar-refractivity contribution >= 4 is 39.1 Å². The molecule has 1 atom stereocenters. The average molecular weight is 596 g/mol. The number of anilines is 1. The highest BCUT2D eigenvalue weighted by Gasteiger charge is 2.33. The SMILES string of the molecule is CC(=O)ON(C(=O)OC(C)(C)C)c1cccc(C(NCc2ccc(-c3nccs3)cc2)S(=O)(=O)c2ccccn2)n1. The van der Waals surface area contributed by atoms with Crippen molar-refractivity contribution in [3.8, 4) is 10.6 Å². The number of nitrogens with one attached hydrogen (secondary N) is 1. The van der Waals surface area contributed by atoms with Crippen LogP contribution in [0.2, 0.25) is 0 Å². The lowest BCUT2D eigenvalue weighted by Crippen LogP contribution is -2.39. The number of benzene rings is 1. The third-order valence-corrected chi connectivity index (χ3v) is 8.05. The third-order valence-electron chi connectivity index (χ3n) is 5.38. The van der Waals surface area contributed by atoms with Gasteiger partial charge in [0.2, 0.25) is 9.84 Å². The molecule has 1 unspecified atom stereocenters. The lowest BCUT2D eigenvalue weighted by molar-refractivity contribution is -0.142. The summed E-state index contributed by atoms with van der Waals surface area (Å²) in [5, 5.41) is 4.92. The van der Waals surface area contributed by atoms with Gasteiger partial charge in [-0.3, -0.25) is 5.32 Å². The van der Waals surface area contributed by atoms with Crippen molar-refractivity contribution in [2.24, 2.45) is 0 Å². The van der Waals surface area contributed by atoms with Crippen molar-refractivity contribution in [1.29, 1.82) is 0 Å². The van der Waals surface area contributed by atoms with Crippen LogP contribution in [0.4, 0.5) is 10.6 Å². The maximum Gasteiger partial charge on any atom is 0.450 e. The van der Waals surface area contributed by atoms with Crippen LogP contribution < -0.4 is 10.4 Å². The van der Waals surface area contributed by atoms with Crippen LogP contribution in [0.5, 0.6) is 0 Å². The normalized spacial score (nSPS) is 12.4. The van der Waals surface area contributed by atoms with E-state index in [1.54, 1.807) is 39.1 Å². The van der Waals surface area contributed by atoms with E-state index in [0.29, 0.717) is 5.06 Å². The summed E-state index contributed by atoms with van der Waals surface area (Å²) in [6, 6.07) is 16.6. The first kappa shape index (κ1) is 29.8. The summed E-state index contributed by atoms with van der Waals surface area (Å²) in [5.41, 5.74) is 0.920. The zero-order valence-electron chi connectivity index (χ0n) is 22.8. The maximum atomic E-state index is 13.8. The van der Waals surface area contributed by atoms with Crippen LogP contribution >= 0.6 is 11.3 Å². The Morgan fingerprint density at radius 3 is 2.37 bits per heavy atom. The summed E-state index contributed by atoms with van der Waals surface area (Å²) < 4.78 is 32.9. The van der Waals surface area contributed by atoms with E-state index in [4.69, 9.17) is 9.57 Å². The molecule has 0 radical (unpaired) electrons. The van der Waals surface area contributed by atoms with Crippen molar-refractivity contribution in [2.45, 2.75) is 50.2 Å². The molecule has 4 aromatic rings. The molecule has 0 saturated heterocycles. The van der Waals surface area contributed by atoms with Crippen LogP contribution in [-0.4, -0.2) is 41.0 Å². The topological polar surface area (TPSA) is 141 Å². The zero-order chi connectivity index (χ0) is 29.6. The molecule has 0 aliphatic rings. The molecule has 0 saturated carbocycles. The van der Waals surface area contributed by atoms with E-state index in [9.17, 15) is 18.0 Å². The minimum Gasteiger partial charge on any atom is -0.441 e. The molecule has 3 aromatic heterocycles. The molecule has 0 aliphatic carbocycles. The number of carbonyl (C=O) groups is 2. The molecule has 1 amide bonds. The monoisotopic (exact) mass is 595 g/mol. The molecular weight excluding hydrogens is 566 g/mol. The van der Waals surface area contributed by atoms with Crippen molar-refractivity contribution in [3.63, 3.8) is 0 Å². The molecule has 4 rings (SSSR count). The first-order valence-corrected chi connectivity index (χ1v) is 14.9. The van der Waals surface area contributed by atoms with Crippen LogP contribution in [0.25, 0.3) is 10.6 Å². The molecule has 1 aromatic carbocycles. The number of pyridine rings is 2. The Labute approximate surface area is 242 Å². The molecule has 0 bridgehead atoms. The number of nitrogens with zero attached hydrogens (tertiary/aromatic N) is 4. The number of hydrogen-bond donors (Lipinski definition) is 1. The Kier molecular flexibility index (Phi) is 9.11. The number of rotatable bonds is 8. The van der Waals surface area contributed by atoms with Gasteiger partial charge in [0, 0.05) is 36.8 Å². The Balaban J connectivity index is 1.68. The summed E-state index contributed by atoms with van der Waals surface area (Å²) >= 11 is 1.52. The van der Waals surface area contributed by atoms with Gasteiger partial charge in [0.15, 0.2) is 16.2 Å². The van der Waals surface area contributed by atoms with Crippen molar-refractivity contribution < 1.29 is 27.6 Å². The first-order chi connectivity index (χ1) is 19.4. The minimum atomic E-state index is -4.12. The standard InChI is InChI=1S/C28H29N5O6S2/c1-19(34)39-33(27(35)38-28(2,3)4)23-9-7-8-22(32-23)26(41(36,37)24-10-5-6-15-29-24)31-18-20-11-13-21(14-12-20)25-30-16-17-40-25/h5-17,26,31H,18H2,1-4H3. The second-order valence-corrected chi connectivity index (χ2v) is 12.7. The third kappa shape index (κ3) is 7.72. The number of amides is 1. The minimum absolute atomic E-state index is 0.0493. The van der Waals surface area contributed by atoms with Crippen LogP contribution in [0.15, 0.2) is 83.5 Å². The Morgan fingerprint density at radius 1 is 1.00 bits per heavy atom. The van der Waals surface area contributed by atoms with Gasteiger partial charge in [-0.2, -0.15) is 0 Å². The summed E-state index contributed by atoms with van der Waals surface area (Å²) in [5.74, 6) is -0.928. The van der Waals surface area contributed by atoms with Gasteiger partial charge in [0.05, 0.1) is 5.69 Å². The highest BCUT2D eigenvalue weighted by atomic mass is 32.2. The van der Waals surface area contributed by atoms with E-state index in [2.05, 4.69) is 20.3 Å². The van der Waals surface area contributed by atoms with E-state index < -0.39 is 32.9 Å². The molecule has 214 valence electrons. The second kappa shape index (κ2) is 12.5. The van der Waals surface area contributed by atoms with Crippen LogP contribution in [0.1, 0.15) is 44.3 Å². The molecular formula is C28H29N5O6S2. The van der Waals surface area contributed by atoms with E-state index in [1.165, 1.54) is 41.8 Å². The molecule has 1 N–H and O–H groups in total. The molecule has 0 aliphatic heterocycles. The van der Waals surface area contributed by atoms with Crippen molar-refractivity contribution in [1.82, 2.24) is 20.3 Å². The lowest BCUT2D eigenvalue weighted by Gasteiger charge is -2.26. The predicted octanol–water partition coefficient (Wildman–Crippen LogP) is 5.08. The molecule has 0 spiro atoms. The largest absolute Gasteiger partial charge is 0.450 e. The lowest BCUT2D eigenvalue weighted by atomic mass is 10.1. The molecule has 41 heavy (non-hydrogen) atoms. The molecule has 3 heterocycles. The summed E-state index contributed by atoms with van der Waals surface area (Å²) in [4.78, 5) is 42.5. The zero-order valence-corrected chi connectivity index (χ0v) is 24.5. The number of carbonyl (C=O) groups excluding carboxylic acids is 2. The Morgan fingerprint density at radius 2 is 1.76 bits per heavy atom. The van der Waals surface area contributed by atoms with Gasteiger partial charge in [-0.05, 0) is 50.6 Å². The van der Waals surface area contributed by atoms with Crippen LogP contribution in [0.3, 0.4) is 0 Å². The Bertz CT molecular complexity index is 1590. The second-order valence-electron chi connectivity index (χ2n) is 9.79. The molecule has 0 fully saturated rings. The quantitative estimate of drug-likeness (QED) is 0.274. The number of hydroxylamine groups is 1. The fourth-order valence-corrected chi connectivity index (χ4v) is 5.77. The first-order valence-electron chi connectivity index (χ1n) is 12.5. The average Bonchev–Trinajstić information content (AvgIpc) is 3.47. The van der Waals surface area contributed by atoms with E-state index >= 15 is 0 Å². The smallest absolute Gasteiger partial charge is 0.441 e. The Hall–Kier alpha value is -4.20. The van der Waals surface area contributed by atoms with Crippen molar-refractivity contribution in [2.75, 3.05) is 5.06 Å². The number of sulfone groups is 1. The highest BCUT2D eigenvalue weighted by molar-refractivity contribution is 7.91. The van der Waals surface area contributed by atoms with Crippen LogP contribution in [-0.2, 0) is 30.8 Å².